The molecule has 1 N–H and O–H groups in total. The van der Waals surface area contributed by atoms with E-state index >= 15 is 0 Å². The zero-order valence-electron chi connectivity index (χ0n) is 13.3. The largest absolute Gasteiger partial charge is 1.00 e. The molecule has 4 nitrogen and oxygen atoms in total. The van der Waals surface area contributed by atoms with Crippen molar-refractivity contribution < 1.29 is 69.5 Å². The molecule has 0 saturated heterocycles. The minimum Gasteiger partial charge on any atom is -0.748 e. The molecule has 116 valence electrons. The fourth-order valence-electron chi connectivity index (χ4n) is 2.27. The molecular formula is C14H29KO4S. The Bertz CT molecular complexity index is 304. The Morgan fingerprint density at radius 2 is 1.45 bits per heavy atom. The molecule has 0 aliphatic carbocycles. The van der Waals surface area contributed by atoms with Crippen LogP contribution in [0.15, 0.2) is 0 Å². The molecule has 0 heterocycles. The SMILES string of the molecule is CCCCCCCCCCC(CC(C)O)S(=O)(=O)[O-].[K+]. The van der Waals surface area contributed by atoms with Crippen LogP contribution < -0.4 is 51.4 Å². The average Bonchev–Trinajstić information content (AvgIpc) is 2.29. The summed E-state index contributed by atoms with van der Waals surface area (Å²) in [6.45, 7) is 3.71. The fourth-order valence-corrected chi connectivity index (χ4v) is 3.24. The fraction of sp³-hybridized carbons (Fsp3) is 1.00. The number of aliphatic hydroxyl groups is 1. The van der Waals surface area contributed by atoms with Gasteiger partial charge in [0.2, 0.25) is 0 Å². The van der Waals surface area contributed by atoms with Crippen LogP contribution in [0.5, 0.6) is 0 Å². The quantitative estimate of drug-likeness (QED) is 0.315. The summed E-state index contributed by atoms with van der Waals surface area (Å²) in [4.78, 5) is 0. The summed E-state index contributed by atoms with van der Waals surface area (Å²) < 4.78 is 33.1. The first-order valence-corrected chi connectivity index (χ1v) is 8.97. The molecule has 0 saturated carbocycles. The normalized spacial score (nSPS) is 14.6. The first kappa shape index (κ1) is 23.8. The van der Waals surface area contributed by atoms with Crippen molar-refractivity contribution >= 4 is 10.1 Å². The van der Waals surface area contributed by atoms with E-state index in [-0.39, 0.29) is 57.8 Å². The number of aliphatic hydroxyl groups excluding tert-OH is 1. The maximum Gasteiger partial charge on any atom is 1.00 e. The summed E-state index contributed by atoms with van der Waals surface area (Å²) in [7, 11) is -4.27. The van der Waals surface area contributed by atoms with Crippen molar-refractivity contribution in [3.05, 3.63) is 0 Å². The van der Waals surface area contributed by atoms with E-state index in [1.807, 2.05) is 0 Å². The molecule has 20 heavy (non-hydrogen) atoms. The van der Waals surface area contributed by atoms with E-state index < -0.39 is 21.5 Å². The molecule has 0 fully saturated rings. The molecule has 0 aromatic rings. The third-order valence-corrected chi connectivity index (χ3v) is 4.64. The van der Waals surface area contributed by atoms with E-state index in [4.69, 9.17) is 0 Å². The van der Waals surface area contributed by atoms with Crippen LogP contribution in [0.1, 0.15) is 78.1 Å². The molecular weight excluding hydrogens is 303 g/mol. The van der Waals surface area contributed by atoms with Gasteiger partial charge in [-0.25, -0.2) is 8.42 Å². The van der Waals surface area contributed by atoms with Crippen LogP contribution in [0, 0.1) is 0 Å². The van der Waals surface area contributed by atoms with Gasteiger partial charge in [0.05, 0.1) is 21.5 Å². The number of hydrogen-bond donors (Lipinski definition) is 1. The van der Waals surface area contributed by atoms with Gasteiger partial charge in [-0.05, 0) is 19.8 Å². The van der Waals surface area contributed by atoms with E-state index in [2.05, 4.69) is 6.92 Å². The van der Waals surface area contributed by atoms with Gasteiger partial charge in [0.15, 0.2) is 0 Å². The van der Waals surface area contributed by atoms with Gasteiger partial charge in [-0.3, -0.25) is 0 Å². The zero-order valence-corrected chi connectivity index (χ0v) is 17.2. The molecule has 0 aromatic carbocycles. The van der Waals surface area contributed by atoms with Crippen LogP contribution in [0.3, 0.4) is 0 Å². The van der Waals surface area contributed by atoms with Crippen molar-refractivity contribution in [2.24, 2.45) is 0 Å². The summed E-state index contributed by atoms with van der Waals surface area (Å²) in [5.41, 5.74) is 0. The van der Waals surface area contributed by atoms with Crippen LogP contribution in [0.4, 0.5) is 0 Å². The maximum absolute atomic E-state index is 11.0. The van der Waals surface area contributed by atoms with Crippen molar-refractivity contribution in [3.63, 3.8) is 0 Å². The van der Waals surface area contributed by atoms with Crippen LogP contribution in [0.2, 0.25) is 0 Å². The molecule has 2 atom stereocenters. The van der Waals surface area contributed by atoms with Crippen molar-refractivity contribution in [2.45, 2.75) is 89.4 Å². The topological polar surface area (TPSA) is 77.4 Å². The van der Waals surface area contributed by atoms with Gasteiger partial charge in [-0.1, -0.05) is 58.3 Å². The van der Waals surface area contributed by atoms with Crippen LogP contribution >= 0.6 is 0 Å². The summed E-state index contributed by atoms with van der Waals surface area (Å²) >= 11 is 0. The summed E-state index contributed by atoms with van der Waals surface area (Å²) in [6, 6.07) is 0. The monoisotopic (exact) mass is 332 g/mol. The smallest absolute Gasteiger partial charge is 0.748 e. The third-order valence-electron chi connectivity index (χ3n) is 3.39. The Labute approximate surface area is 167 Å². The van der Waals surface area contributed by atoms with Gasteiger partial charge in [-0.2, -0.15) is 0 Å². The Balaban J connectivity index is 0. The Kier molecular flexibility index (Phi) is 16.8. The van der Waals surface area contributed by atoms with E-state index in [0.717, 1.165) is 19.3 Å². The van der Waals surface area contributed by atoms with Crippen molar-refractivity contribution in [2.75, 3.05) is 0 Å². The van der Waals surface area contributed by atoms with E-state index in [1.54, 1.807) is 0 Å². The molecule has 6 heteroatoms. The second-order valence-electron chi connectivity index (χ2n) is 5.46. The predicted molar refractivity (Wildman–Crippen MR) is 77.0 cm³/mol. The third kappa shape index (κ3) is 14.4. The van der Waals surface area contributed by atoms with Crippen molar-refractivity contribution in [1.82, 2.24) is 0 Å². The number of rotatable bonds is 12. The van der Waals surface area contributed by atoms with Gasteiger partial charge < -0.3 is 9.66 Å². The molecule has 0 amide bonds. The summed E-state index contributed by atoms with van der Waals surface area (Å²) in [5.74, 6) is 0. The Morgan fingerprint density at radius 3 is 1.85 bits per heavy atom. The minimum atomic E-state index is -4.27. The standard InChI is InChI=1S/C14H30O4S.K/c1-3-4-5-6-7-8-9-10-11-14(12-13(2)15)19(16,17)18;/h13-15H,3-12H2,1-2H3,(H,16,17,18);/q;+1/p-1. The number of unbranched alkanes of at least 4 members (excludes halogenated alkanes) is 7. The van der Waals surface area contributed by atoms with Gasteiger partial charge in [-0.15, -0.1) is 0 Å². The molecule has 0 bridgehead atoms. The first-order valence-electron chi connectivity index (χ1n) is 7.50. The number of hydrogen-bond acceptors (Lipinski definition) is 4. The molecule has 0 aliphatic rings. The Morgan fingerprint density at radius 1 is 1.00 bits per heavy atom. The molecule has 0 aliphatic heterocycles. The second kappa shape index (κ2) is 14.1. The molecule has 0 spiro atoms. The predicted octanol–water partition coefficient (Wildman–Crippen LogP) is 0.206. The first-order chi connectivity index (χ1) is 8.88. The molecule has 0 radical (unpaired) electrons. The van der Waals surface area contributed by atoms with Gasteiger partial charge in [0.25, 0.3) is 0 Å². The molecule has 2 unspecified atom stereocenters. The Hall–Kier alpha value is 1.51. The summed E-state index contributed by atoms with van der Waals surface area (Å²) in [5, 5.41) is 8.28. The van der Waals surface area contributed by atoms with Gasteiger partial charge >= 0.3 is 51.4 Å². The zero-order chi connectivity index (χ0) is 14.7. The summed E-state index contributed by atoms with van der Waals surface area (Å²) in [6.07, 6.45) is 8.75. The molecule has 0 aromatic heterocycles. The van der Waals surface area contributed by atoms with Gasteiger partial charge in [0, 0.05) is 0 Å². The maximum atomic E-state index is 11.0. The van der Waals surface area contributed by atoms with Crippen molar-refractivity contribution in [3.8, 4) is 0 Å². The van der Waals surface area contributed by atoms with Crippen LogP contribution in [0.25, 0.3) is 0 Å². The molecule has 0 rings (SSSR count). The van der Waals surface area contributed by atoms with Crippen LogP contribution in [-0.4, -0.2) is 29.4 Å². The van der Waals surface area contributed by atoms with E-state index in [0.29, 0.717) is 6.42 Å². The average molecular weight is 333 g/mol. The second-order valence-corrected chi connectivity index (χ2v) is 7.12. The minimum absolute atomic E-state index is 0. The van der Waals surface area contributed by atoms with Crippen LogP contribution in [-0.2, 0) is 10.1 Å². The van der Waals surface area contributed by atoms with E-state index in [1.165, 1.54) is 39.0 Å². The van der Waals surface area contributed by atoms with Gasteiger partial charge in [0.1, 0.15) is 0 Å². The van der Waals surface area contributed by atoms with Crippen molar-refractivity contribution in [1.29, 1.82) is 0 Å². The van der Waals surface area contributed by atoms with E-state index in [9.17, 15) is 18.1 Å².